The number of sulfonamides is 1. The molecule has 0 radical (unpaired) electrons. The van der Waals surface area contributed by atoms with Crippen LogP contribution in [0.5, 0.6) is 0 Å². The molecule has 6 heteroatoms. The van der Waals surface area contributed by atoms with Crippen molar-refractivity contribution in [2.45, 2.75) is 50.5 Å². The molecule has 5 nitrogen and oxygen atoms in total. The molecule has 0 saturated carbocycles. The fourth-order valence-corrected chi connectivity index (χ4v) is 3.59. The molecular weight excluding hydrogens is 252 g/mol. The third-order valence-corrected chi connectivity index (χ3v) is 5.06. The van der Waals surface area contributed by atoms with Gasteiger partial charge < -0.3 is 4.98 Å². The molecule has 0 atom stereocenters. The molecule has 0 saturated heterocycles. The van der Waals surface area contributed by atoms with Crippen molar-refractivity contribution in [3.05, 3.63) is 28.7 Å². The molecule has 0 unspecified atom stereocenters. The van der Waals surface area contributed by atoms with Gasteiger partial charge in [-0.25, -0.2) is 13.1 Å². The Morgan fingerprint density at radius 1 is 1.22 bits per heavy atom. The molecule has 1 rings (SSSR count). The minimum Gasteiger partial charge on any atom is -0.366 e. The van der Waals surface area contributed by atoms with Crippen LogP contribution in [0.1, 0.15) is 40.0 Å². The molecule has 0 spiro atoms. The lowest BCUT2D eigenvalue weighted by Crippen LogP contribution is -2.47. The molecule has 1 aromatic heterocycles. The minimum atomic E-state index is -3.78. The number of H-pyrrole nitrogens is 1. The summed E-state index contributed by atoms with van der Waals surface area (Å²) < 4.78 is 27.1. The van der Waals surface area contributed by atoms with Crippen LogP contribution in [-0.2, 0) is 10.0 Å². The monoisotopic (exact) mass is 272 g/mol. The summed E-state index contributed by atoms with van der Waals surface area (Å²) in [5.74, 6) is 0. The highest BCUT2D eigenvalue weighted by atomic mass is 32.2. The van der Waals surface area contributed by atoms with Gasteiger partial charge in [0, 0.05) is 24.0 Å². The lowest BCUT2D eigenvalue weighted by atomic mass is 9.91. The van der Waals surface area contributed by atoms with Gasteiger partial charge in [-0.3, -0.25) is 4.79 Å². The fraction of sp³-hybridized carbons (Fsp3) is 0.583. The second-order valence-electron chi connectivity index (χ2n) is 4.32. The van der Waals surface area contributed by atoms with E-state index in [0.29, 0.717) is 19.3 Å². The van der Waals surface area contributed by atoms with E-state index >= 15 is 0 Å². The van der Waals surface area contributed by atoms with Gasteiger partial charge >= 0.3 is 0 Å². The van der Waals surface area contributed by atoms with E-state index in [2.05, 4.69) is 9.71 Å². The second-order valence-corrected chi connectivity index (χ2v) is 5.97. The van der Waals surface area contributed by atoms with Gasteiger partial charge in [0.05, 0.1) is 0 Å². The van der Waals surface area contributed by atoms with Gasteiger partial charge in [0.1, 0.15) is 4.90 Å². The van der Waals surface area contributed by atoms with Crippen LogP contribution in [0, 0.1) is 0 Å². The van der Waals surface area contributed by atoms with Crippen molar-refractivity contribution in [2.24, 2.45) is 0 Å². The first-order valence-corrected chi connectivity index (χ1v) is 7.60. The van der Waals surface area contributed by atoms with Crippen molar-refractivity contribution >= 4 is 10.0 Å². The van der Waals surface area contributed by atoms with E-state index in [-0.39, 0.29) is 4.90 Å². The first-order chi connectivity index (χ1) is 8.40. The third-order valence-electron chi connectivity index (χ3n) is 3.46. The number of rotatable bonds is 6. The van der Waals surface area contributed by atoms with Gasteiger partial charge in [0.2, 0.25) is 15.5 Å². The van der Waals surface area contributed by atoms with E-state index in [1.165, 1.54) is 18.5 Å². The molecule has 0 aliphatic heterocycles. The summed E-state index contributed by atoms with van der Waals surface area (Å²) in [6.45, 7) is 5.81. The summed E-state index contributed by atoms with van der Waals surface area (Å²) in [5.41, 5.74) is -0.986. The minimum absolute atomic E-state index is 0.232. The quantitative estimate of drug-likeness (QED) is 0.826. The normalized spacial score (nSPS) is 12.6. The fourth-order valence-electron chi connectivity index (χ4n) is 1.92. The standard InChI is InChI=1S/C12H20N2O3S/c1-4-12(5-2,6-3)14-18(16,17)11-9-13-8-7-10(11)15/h7-9,14H,4-6H2,1-3H3,(H,13,15). The van der Waals surface area contributed by atoms with Gasteiger partial charge in [0.15, 0.2) is 0 Å². The Morgan fingerprint density at radius 3 is 2.22 bits per heavy atom. The molecule has 1 heterocycles. The number of nitrogens with one attached hydrogen (secondary N) is 2. The molecule has 0 fully saturated rings. The van der Waals surface area contributed by atoms with Gasteiger partial charge in [-0.2, -0.15) is 0 Å². The first kappa shape index (κ1) is 14.9. The topological polar surface area (TPSA) is 79.0 Å². The molecule has 0 bridgehead atoms. The molecule has 1 aromatic rings. The highest BCUT2D eigenvalue weighted by Crippen LogP contribution is 2.21. The SMILES string of the molecule is CCC(CC)(CC)NS(=O)(=O)c1c[nH]ccc1=O. The summed E-state index contributed by atoms with van der Waals surface area (Å²) >= 11 is 0. The summed E-state index contributed by atoms with van der Waals surface area (Å²) in [7, 11) is -3.78. The number of aromatic amines is 1. The van der Waals surface area contributed by atoms with Gasteiger partial charge in [-0.15, -0.1) is 0 Å². The average Bonchev–Trinajstić information content (AvgIpc) is 2.36. The number of hydrogen-bond donors (Lipinski definition) is 2. The van der Waals surface area contributed by atoms with Crippen LogP contribution in [-0.4, -0.2) is 18.9 Å². The molecule has 0 aliphatic rings. The maximum atomic E-state index is 12.2. The zero-order valence-electron chi connectivity index (χ0n) is 11.0. The van der Waals surface area contributed by atoms with Crippen LogP contribution in [0.2, 0.25) is 0 Å². The number of hydrogen-bond acceptors (Lipinski definition) is 3. The predicted octanol–water partition coefficient (Wildman–Crippen LogP) is 1.62. The summed E-state index contributed by atoms with van der Waals surface area (Å²) in [5, 5.41) is 0. The van der Waals surface area contributed by atoms with Crippen LogP contribution in [0.4, 0.5) is 0 Å². The first-order valence-electron chi connectivity index (χ1n) is 6.12. The zero-order chi connectivity index (χ0) is 13.8. The van der Waals surface area contributed by atoms with Crippen LogP contribution < -0.4 is 10.2 Å². The Labute approximate surface area is 108 Å². The van der Waals surface area contributed by atoms with Crippen LogP contribution in [0.3, 0.4) is 0 Å². The molecule has 0 aliphatic carbocycles. The molecule has 102 valence electrons. The van der Waals surface area contributed by atoms with Gasteiger partial charge in [0.25, 0.3) is 0 Å². The average molecular weight is 272 g/mol. The Balaban J connectivity index is 3.17. The number of aromatic nitrogens is 1. The third kappa shape index (κ3) is 3.00. The Morgan fingerprint density at radius 2 is 1.78 bits per heavy atom. The largest absolute Gasteiger partial charge is 0.366 e. The highest BCUT2D eigenvalue weighted by Gasteiger charge is 2.31. The Bertz CT molecular complexity index is 536. The van der Waals surface area contributed by atoms with E-state index in [0.717, 1.165) is 0 Å². The maximum Gasteiger partial charge on any atom is 0.246 e. The van der Waals surface area contributed by atoms with Crippen LogP contribution >= 0.6 is 0 Å². The van der Waals surface area contributed by atoms with E-state index in [9.17, 15) is 13.2 Å². The van der Waals surface area contributed by atoms with Gasteiger partial charge in [-0.1, -0.05) is 20.8 Å². The van der Waals surface area contributed by atoms with E-state index < -0.39 is 21.0 Å². The smallest absolute Gasteiger partial charge is 0.246 e. The summed E-state index contributed by atoms with van der Waals surface area (Å²) in [4.78, 5) is 14.0. The van der Waals surface area contributed by atoms with E-state index in [4.69, 9.17) is 0 Å². The van der Waals surface area contributed by atoms with Crippen molar-refractivity contribution in [2.75, 3.05) is 0 Å². The maximum absolute atomic E-state index is 12.2. The van der Waals surface area contributed by atoms with E-state index in [1.807, 2.05) is 20.8 Å². The summed E-state index contributed by atoms with van der Waals surface area (Å²) in [6, 6.07) is 1.21. The van der Waals surface area contributed by atoms with Crippen molar-refractivity contribution in [3.8, 4) is 0 Å². The highest BCUT2D eigenvalue weighted by molar-refractivity contribution is 7.89. The van der Waals surface area contributed by atoms with Crippen molar-refractivity contribution in [3.63, 3.8) is 0 Å². The Kier molecular flexibility index (Phi) is 4.70. The summed E-state index contributed by atoms with van der Waals surface area (Å²) in [6.07, 6.45) is 4.68. The molecule has 18 heavy (non-hydrogen) atoms. The van der Waals surface area contributed by atoms with Crippen LogP contribution in [0.15, 0.2) is 28.2 Å². The predicted molar refractivity (Wildman–Crippen MR) is 71.0 cm³/mol. The molecule has 2 N–H and O–H groups in total. The molecular formula is C12H20N2O3S. The Hall–Kier alpha value is -1.14. The van der Waals surface area contributed by atoms with Crippen molar-refractivity contribution < 1.29 is 8.42 Å². The lowest BCUT2D eigenvalue weighted by molar-refractivity contribution is 0.341. The van der Waals surface area contributed by atoms with Crippen molar-refractivity contribution in [1.82, 2.24) is 9.71 Å². The van der Waals surface area contributed by atoms with Crippen LogP contribution in [0.25, 0.3) is 0 Å². The van der Waals surface area contributed by atoms with Gasteiger partial charge in [-0.05, 0) is 19.3 Å². The van der Waals surface area contributed by atoms with Crippen molar-refractivity contribution in [1.29, 1.82) is 0 Å². The molecule has 0 aromatic carbocycles. The second kappa shape index (κ2) is 5.67. The van der Waals surface area contributed by atoms with E-state index in [1.54, 1.807) is 0 Å². The number of pyridine rings is 1. The lowest BCUT2D eigenvalue weighted by Gasteiger charge is -2.31. The zero-order valence-corrected chi connectivity index (χ0v) is 11.8. The molecule has 0 amide bonds.